The van der Waals surface area contributed by atoms with Gasteiger partial charge in [-0.15, -0.1) is 0 Å². The van der Waals surface area contributed by atoms with Crippen molar-refractivity contribution in [2.75, 3.05) is 19.6 Å². The first kappa shape index (κ1) is 13.6. The first-order chi connectivity index (χ1) is 8.75. The largest absolute Gasteiger partial charge is 0.303 e. The second kappa shape index (κ2) is 6.94. The summed E-state index contributed by atoms with van der Waals surface area (Å²) in [7, 11) is 0. The number of likely N-dealkylation sites (tertiary alicyclic amines) is 1. The van der Waals surface area contributed by atoms with E-state index in [0.717, 1.165) is 11.8 Å². The van der Waals surface area contributed by atoms with Crippen molar-refractivity contribution in [2.24, 2.45) is 11.8 Å². The third-order valence-electron chi connectivity index (χ3n) is 4.36. The first-order valence-electron chi connectivity index (χ1n) is 7.52. The van der Waals surface area contributed by atoms with Crippen molar-refractivity contribution >= 4 is 0 Å². The molecule has 1 heteroatoms. The number of nitrogens with zero attached hydrogens (tertiary/aromatic N) is 1. The Morgan fingerprint density at radius 3 is 2.39 bits per heavy atom. The van der Waals surface area contributed by atoms with E-state index in [1.165, 1.54) is 50.9 Å². The molecular weight excluding hydrogens is 218 g/mol. The molecular formula is C17H27N. The summed E-state index contributed by atoms with van der Waals surface area (Å²) >= 11 is 0. The molecule has 1 saturated heterocycles. The predicted octanol–water partition coefficient (Wildman–Crippen LogP) is 3.99. The Labute approximate surface area is 112 Å². The Hall–Kier alpha value is -0.820. The Bertz CT molecular complexity index is 323. The van der Waals surface area contributed by atoms with Crippen molar-refractivity contribution < 1.29 is 0 Å². The van der Waals surface area contributed by atoms with E-state index in [4.69, 9.17) is 0 Å². The number of rotatable bonds is 5. The smallest absolute Gasteiger partial charge is 0.00156 e. The molecule has 100 valence electrons. The van der Waals surface area contributed by atoms with Gasteiger partial charge in [-0.2, -0.15) is 0 Å². The van der Waals surface area contributed by atoms with Crippen LogP contribution in [0.25, 0.3) is 0 Å². The molecule has 0 spiro atoms. The molecule has 0 amide bonds. The molecule has 0 saturated carbocycles. The molecule has 0 aromatic heterocycles. The van der Waals surface area contributed by atoms with Crippen molar-refractivity contribution in [3.05, 3.63) is 35.9 Å². The summed E-state index contributed by atoms with van der Waals surface area (Å²) < 4.78 is 0. The van der Waals surface area contributed by atoms with Gasteiger partial charge in [0, 0.05) is 0 Å². The molecule has 2 rings (SSSR count). The number of hydrogen-bond donors (Lipinski definition) is 0. The van der Waals surface area contributed by atoms with E-state index in [2.05, 4.69) is 49.1 Å². The van der Waals surface area contributed by atoms with Crippen LogP contribution < -0.4 is 0 Å². The van der Waals surface area contributed by atoms with Gasteiger partial charge in [0.25, 0.3) is 0 Å². The van der Waals surface area contributed by atoms with Crippen LogP contribution >= 0.6 is 0 Å². The number of hydrogen-bond acceptors (Lipinski definition) is 1. The lowest BCUT2D eigenvalue weighted by Gasteiger charge is -2.33. The minimum atomic E-state index is 0.872. The molecule has 1 aromatic rings. The summed E-state index contributed by atoms with van der Waals surface area (Å²) in [6, 6.07) is 10.9. The lowest BCUT2D eigenvalue weighted by Crippen LogP contribution is -2.35. The first-order valence-corrected chi connectivity index (χ1v) is 7.52. The van der Waals surface area contributed by atoms with Crippen LogP contribution in [0, 0.1) is 11.8 Å². The molecule has 1 heterocycles. The molecule has 0 N–H and O–H groups in total. The predicted molar refractivity (Wildman–Crippen MR) is 78.8 cm³/mol. The molecule has 1 aromatic carbocycles. The van der Waals surface area contributed by atoms with Gasteiger partial charge in [0.15, 0.2) is 0 Å². The maximum Gasteiger partial charge on any atom is -0.00156 e. The van der Waals surface area contributed by atoms with E-state index in [-0.39, 0.29) is 0 Å². The van der Waals surface area contributed by atoms with E-state index < -0.39 is 0 Å². The van der Waals surface area contributed by atoms with Crippen molar-refractivity contribution in [1.29, 1.82) is 0 Å². The Kier molecular flexibility index (Phi) is 5.25. The highest BCUT2D eigenvalue weighted by Gasteiger charge is 2.20. The van der Waals surface area contributed by atoms with Gasteiger partial charge in [-0.1, -0.05) is 44.2 Å². The quantitative estimate of drug-likeness (QED) is 0.758. The van der Waals surface area contributed by atoms with Crippen LogP contribution in [0.15, 0.2) is 30.3 Å². The topological polar surface area (TPSA) is 3.24 Å². The molecule has 1 aliphatic heterocycles. The van der Waals surface area contributed by atoms with Gasteiger partial charge in [0.1, 0.15) is 0 Å². The molecule has 1 nitrogen and oxygen atoms in total. The molecule has 1 aliphatic rings. The van der Waals surface area contributed by atoms with Crippen molar-refractivity contribution in [1.82, 2.24) is 4.90 Å². The highest BCUT2D eigenvalue weighted by molar-refractivity contribution is 5.14. The third-order valence-corrected chi connectivity index (χ3v) is 4.36. The van der Waals surface area contributed by atoms with Gasteiger partial charge < -0.3 is 4.90 Å². The van der Waals surface area contributed by atoms with Crippen LogP contribution in [0.5, 0.6) is 0 Å². The summed E-state index contributed by atoms with van der Waals surface area (Å²) in [6.07, 6.45) is 5.34. The summed E-state index contributed by atoms with van der Waals surface area (Å²) in [5, 5.41) is 0. The fourth-order valence-electron chi connectivity index (χ4n) is 2.99. The lowest BCUT2D eigenvalue weighted by atomic mass is 9.86. The van der Waals surface area contributed by atoms with Gasteiger partial charge in [0.2, 0.25) is 0 Å². The van der Waals surface area contributed by atoms with Crippen LogP contribution in [0.2, 0.25) is 0 Å². The van der Waals surface area contributed by atoms with Crippen molar-refractivity contribution in [2.45, 2.75) is 39.5 Å². The van der Waals surface area contributed by atoms with Crippen LogP contribution in [0.1, 0.15) is 38.7 Å². The van der Waals surface area contributed by atoms with Crippen molar-refractivity contribution in [3.8, 4) is 0 Å². The van der Waals surface area contributed by atoms with Crippen LogP contribution in [-0.4, -0.2) is 24.5 Å². The fraction of sp³-hybridized carbons (Fsp3) is 0.647. The minimum Gasteiger partial charge on any atom is -0.303 e. The van der Waals surface area contributed by atoms with E-state index >= 15 is 0 Å². The summed E-state index contributed by atoms with van der Waals surface area (Å²) in [4.78, 5) is 2.65. The summed E-state index contributed by atoms with van der Waals surface area (Å²) in [5.41, 5.74) is 1.48. The normalized spacial score (nSPS) is 18.4. The van der Waals surface area contributed by atoms with E-state index in [9.17, 15) is 0 Å². The van der Waals surface area contributed by atoms with Crippen LogP contribution in [0.3, 0.4) is 0 Å². The zero-order valence-electron chi connectivity index (χ0n) is 11.9. The molecule has 0 atom stereocenters. The molecule has 1 fully saturated rings. The average molecular weight is 245 g/mol. The highest BCUT2D eigenvalue weighted by Crippen LogP contribution is 2.24. The van der Waals surface area contributed by atoms with Crippen LogP contribution in [0.4, 0.5) is 0 Å². The van der Waals surface area contributed by atoms with Gasteiger partial charge in [0.05, 0.1) is 0 Å². The summed E-state index contributed by atoms with van der Waals surface area (Å²) in [5.74, 6) is 1.84. The fourth-order valence-corrected chi connectivity index (χ4v) is 2.99. The number of benzene rings is 1. The zero-order valence-corrected chi connectivity index (χ0v) is 11.9. The molecule has 0 aliphatic carbocycles. The standard InChI is InChI=1S/C17H27N/c1-15(2)17-10-13-18(14-11-17)12-6-9-16-7-4-3-5-8-16/h3-5,7-8,15,17H,6,9-14H2,1-2H3. The SMILES string of the molecule is CC(C)C1CCN(CCCc2ccccc2)CC1. The van der Waals surface area contributed by atoms with Gasteiger partial charge in [-0.05, 0) is 62.7 Å². The second-order valence-electron chi connectivity index (χ2n) is 6.01. The average Bonchev–Trinajstić information content (AvgIpc) is 2.40. The second-order valence-corrected chi connectivity index (χ2v) is 6.01. The maximum atomic E-state index is 2.65. The highest BCUT2D eigenvalue weighted by atomic mass is 15.1. The number of piperidine rings is 1. The van der Waals surface area contributed by atoms with Crippen molar-refractivity contribution in [3.63, 3.8) is 0 Å². The van der Waals surface area contributed by atoms with Gasteiger partial charge in [-0.3, -0.25) is 0 Å². The Morgan fingerprint density at radius 1 is 1.11 bits per heavy atom. The number of aryl methyl sites for hydroxylation is 1. The lowest BCUT2D eigenvalue weighted by molar-refractivity contribution is 0.157. The Morgan fingerprint density at radius 2 is 1.78 bits per heavy atom. The summed E-state index contributed by atoms with van der Waals surface area (Å²) in [6.45, 7) is 8.65. The monoisotopic (exact) mass is 245 g/mol. The van der Waals surface area contributed by atoms with Gasteiger partial charge in [-0.25, -0.2) is 0 Å². The molecule has 0 bridgehead atoms. The molecule has 0 unspecified atom stereocenters. The maximum absolute atomic E-state index is 2.65. The van der Waals surface area contributed by atoms with E-state index in [1.54, 1.807) is 0 Å². The minimum absolute atomic E-state index is 0.872. The molecule has 0 radical (unpaired) electrons. The van der Waals surface area contributed by atoms with E-state index in [1.807, 2.05) is 0 Å². The van der Waals surface area contributed by atoms with E-state index in [0.29, 0.717) is 0 Å². The van der Waals surface area contributed by atoms with Gasteiger partial charge >= 0.3 is 0 Å². The Balaban J connectivity index is 1.64. The third kappa shape index (κ3) is 4.13. The van der Waals surface area contributed by atoms with Crippen LogP contribution in [-0.2, 0) is 6.42 Å². The zero-order chi connectivity index (χ0) is 12.8. The molecule has 18 heavy (non-hydrogen) atoms.